The zero-order chi connectivity index (χ0) is 17.8. The van der Waals surface area contributed by atoms with Crippen molar-refractivity contribution in [2.24, 2.45) is 0 Å². The number of anilines is 2. The van der Waals surface area contributed by atoms with E-state index < -0.39 is 20.2 Å². The van der Waals surface area contributed by atoms with Crippen LogP contribution in [0.5, 0.6) is 5.75 Å². The number of benzene rings is 1. The molecule has 0 aliphatic carbocycles. The smallest absolute Gasteiger partial charge is 0.299 e. The van der Waals surface area contributed by atoms with Crippen LogP contribution in [0.3, 0.4) is 0 Å². The van der Waals surface area contributed by atoms with Crippen LogP contribution in [0.25, 0.3) is 0 Å². The van der Waals surface area contributed by atoms with Crippen LogP contribution in [0.4, 0.5) is 11.4 Å². The molecule has 136 valence electrons. The highest BCUT2D eigenvalue weighted by Crippen LogP contribution is 2.34. The number of hydrogen-bond acceptors (Lipinski definition) is 5. The molecule has 1 fully saturated rings. The van der Waals surface area contributed by atoms with E-state index in [1.54, 1.807) is 6.07 Å². The molecule has 0 radical (unpaired) electrons. The van der Waals surface area contributed by atoms with E-state index >= 15 is 0 Å². The van der Waals surface area contributed by atoms with Crippen molar-refractivity contribution in [2.45, 2.75) is 26.2 Å². The fraction of sp³-hybridized carbons (Fsp3) is 0.571. The van der Waals surface area contributed by atoms with Gasteiger partial charge in [-0.15, -0.1) is 0 Å². The Morgan fingerprint density at radius 1 is 1.29 bits per heavy atom. The van der Waals surface area contributed by atoms with Crippen molar-refractivity contribution in [3.8, 4) is 5.75 Å². The second kappa shape index (κ2) is 7.58. The Morgan fingerprint density at radius 3 is 2.67 bits per heavy atom. The Hall–Kier alpha value is -1.52. The van der Waals surface area contributed by atoms with Crippen molar-refractivity contribution in [1.29, 1.82) is 0 Å². The average Bonchev–Trinajstić information content (AvgIpc) is 2.52. The maximum Gasteiger partial charge on any atom is 0.299 e. The SMILES string of the molecule is CCCNS(=O)(=O)Nc1ccc(N2CCCCS2(=O)=O)c(OC)c1. The molecule has 0 bridgehead atoms. The molecule has 1 heterocycles. The van der Waals surface area contributed by atoms with Gasteiger partial charge in [0.1, 0.15) is 5.75 Å². The molecule has 10 heteroatoms. The van der Waals surface area contributed by atoms with Crippen LogP contribution in [0.1, 0.15) is 26.2 Å². The van der Waals surface area contributed by atoms with Gasteiger partial charge in [-0.3, -0.25) is 9.03 Å². The van der Waals surface area contributed by atoms with E-state index in [4.69, 9.17) is 4.74 Å². The normalized spacial score (nSPS) is 17.5. The number of nitrogens with one attached hydrogen (secondary N) is 2. The van der Waals surface area contributed by atoms with E-state index in [0.29, 0.717) is 43.1 Å². The van der Waals surface area contributed by atoms with Gasteiger partial charge in [-0.2, -0.15) is 13.1 Å². The lowest BCUT2D eigenvalue weighted by atomic mass is 10.2. The fourth-order valence-electron chi connectivity index (χ4n) is 2.43. The Bertz CT molecular complexity index is 778. The quantitative estimate of drug-likeness (QED) is 0.745. The molecule has 8 nitrogen and oxygen atoms in total. The number of methoxy groups -OCH3 is 1. The van der Waals surface area contributed by atoms with E-state index in [1.165, 1.54) is 23.5 Å². The van der Waals surface area contributed by atoms with Crippen LogP contribution in [-0.2, 0) is 20.2 Å². The monoisotopic (exact) mass is 377 g/mol. The van der Waals surface area contributed by atoms with Crippen molar-refractivity contribution in [3.05, 3.63) is 18.2 Å². The summed E-state index contributed by atoms with van der Waals surface area (Å²) in [5, 5.41) is 0. The molecule has 2 rings (SSSR count). The van der Waals surface area contributed by atoms with Crippen molar-refractivity contribution in [3.63, 3.8) is 0 Å². The highest BCUT2D eigenvalue weighted by atomic mass is 32.2. The van der Waals surface area contributed by atoms with Gasteiger partial charge in [0.15, 0.2) is 0 Å². The summed E-state index contributed by atoms with van der Waals surface area (Å²) in [6.45, 7) is 2.58. The van der Waals surface area contributed by atoms with Crippen LogP contribution in [-0.4, -0.2) is 42.8 Å². The van der Waals surface area contributed by atoms with E-state index in [-0.39, 0.29) is 5.75 Å². The molecule has 2 N–H and O–H groups in total. The van der Waals surface area contributed by atoms with E-state index in [2.05, 4.69) is 9.44 Å². The lowest BCUT2D eigenvalue weighted by Gasteiger charge is -2.29. The molecule has 0 saturated carbocycles. The predicted molar refractivity (Wildman–Crippen MR) is 94.2 cm³/mol. The minimum Gasteiger partial charge on any atom is -0.494 e. The number of ether oxygens (including phenoxy) is 1. The second-order valence-corrected chi connectivity index (χ2v) is 8.99. The van der Waals surface area contributed by atoms with Crippen molar-refractivity contribution >= 4 is 31.6 Å². The zero-order valence-corrected chi connectivity index (χ0v) is 15.4. The minimum atomic E-state index is -3.67. The van der Waals surface area contributed by atoms with Crippen LogP contribution in [0.15, 0.2) is 18.2 Å². The van der Waals surface area contributed by atoms with Crippen molar-refractivity contribution in [1.82, 2.24) is 4.72 Å². The molecule has 0 atom stereocenters. The number of nitrogens with zero attached hydrogens (tertiary/aromatic N) is 1. The van der Waals surface area contributed by atoms with Gasteiger partial charge in [0.2, 0.25) is 10.0 Å². The van der Waals surface area contributed by atoms with Crippen molar-refractivity contribution in [2.75, 3.05) is 35.0 Å². The first-order valence-corrected chi connectivity index (χ1v) is 10.8. The summed E-state index contributed by atoms with van der Waals surface area (Å²) in [4.78, 5) is 0. The highest BCUT2D eigenvalue weighted by molar-refractivity contribution is 7.92. The fourth-order valence-corrected chi connectivity index (χ4v) is 5.06. The molecule has 0 aromatic heterocycles. The first-order valence-electron chi connectivity index (χ1n) is 7.75. The third kappa shape index (κ3) is 4.52. The Balaban J connectivity index is 2.28. The van der Waals surface area contributed by atoms with Gasteiger partial charge in [-0.25, -0.2) is 8.42 Å². The summed E-state index contributed by atoms with van der Waals surface area (Å²) >= 11 is 0. The van der Waals surface area contributed by atoms with Crippen LogP contribution < -0.4 is 18.5 Å². The first kappa shape index (κ1) is 18.8. The Labute approximate surface area is 143 Å². The Morgan fingerprint density at radius 2 is 2.04 bits per heavy atom. The summed E-state index contributed by atoms with van der Waals surface area (Å²) in [6, 6.07) is 4.55. The minimum absolute atomic E-state index is 0.103. The molecule has 24 heavy (non-hydrogen) atoms. The van der Waals surface area contributed by atoms with E-state index in [9.17, 15) is 16.8 Å². The van der Waals surface area contributed by atoms with Crippen molar-refractivity contribution < 1.29 is 21.6 Å². The van der Waals surface area contributed by atoms with E-state index in [0.717, 1.165) is 6.42 Å². The van der Waals surface area contributed by atoms with Crippen LogP contribution in [0, 0.1) is 0 Å². The van der Waals surface area contributed by atoms with Gasteiger partial charge in [-0.05, 0) is 31.4 Å². The van der Waals surface area contributed by atoms with Crippen LogP contribution >= 0.6 is 0 Å². The van der Waals surface area contributed by atoms with E-state index in [1.807, 2.05) is 6.92 Å². The van der Waals surface area contributed by atoms with Gasteiger partial charge in [0, 0.05) is 19.2 Å². The highest BCUT2D eigenvalue weighted by Gasteiger charge is 2.28. The number of hydrogen-bond donors (Lipinski definition) is 2. The Kier molecular flexibility index (Phi) is 5.94. The van der Waals surface area contributed by atoms with Gasteiger partial charge < -0.3 is 4.74 Å². The summed E-state index contributed by atoms with van der Waals surface area (Å²) in [5.41, 5.74) is 0.718. The van der Waals surface area contributed by atoms with Gasteiger partial charge in [-0.1, -0.05) is 6.92 Å². The summed E-state index contributed by atoms with van der Waals surface area (Å²) in [6.07, 6.45) is 2.09. The standard InChI is InChI=1S/C14H23N3O5S2/c1-3-8-15-24(20,21)16-12-6-7-13(14(11-12)22-2)17-9-4-5-10-23(17,18)19/h6-7,11,15-16H,3-5,8-10H2,1-2H3. The topological polar surface area (TPSA) is 105 Å². The molecule has 1 aromatic rings. The predicted octanol–water partition coefficient (Wildman–Crippen LogP) is 1.28. The first-order chi connectivity index (χ1) is 11.3. The lowest BCUT2D eigenvalue weighted by Crippen LogP contribution is -2.38. The molecule has 0 unspecified atom stereocenters. The number of sulfonamides is 1. The number of rotatable bonds is 7. The summed E-state index contributed by atoms with van der Waals surface area (Å²) in [7, 11) is -5.62. The van der Waals surface area contributed by atoms with Gasteiger partial charge in [0.05, 0.1) is 24.2 Å². The molecule has 0 spiro atoms. The second-order valence-electron chi connectivity index (χ2n) is 5.48. The zero-order valence-electron chi connectivity index (χ0n) is 13.8. The molecular formula is C14H23N3O5S2. The maximum atomic E-state index is 12.2. The molecular weight excluding hydrogens is 354 g/mol. The largest absolute Gasteiger partial charge is 0.494 e. The summed E-state index contributed by atoms with van der Waals surface area (Å²) < 4.78 is 59.6. The molecule has 0 amide bonds. The third-order valence-corrected chi connectivity index (χ3v) is 6.54. The molecule has 1 aliphatic rings. The molecule has 1 aromatic carbocycles. The molecule has 1 saturated heterocycles. The third-order valence-electron chi connectivity index (χ3n) is 3.59. The lowest BCUT2D eigenvalue weighted by molar-refractivity contribution is 0.415. The molecule has 1 aliphatic heterocycles. The maximum absolute atomic E-state index is 12.2. The average molecular weight is 377 g/mol. The summed E-state index contributed by atoms with van der Waals surface area (Å²) in [5.74, 6) is 0.405. The van der Waals surface area contributed by atoms with Crippen LogP contribution in [0.2, 0.25) is 0 Å². The van der Waals surface area contributed by atoms with Gasteiger partial charge >= 0.3 is 0 Å². The van der Waals surface area contributed by atoms with Gasteiger partial charge in [0.25, 0.3) is 10.2 Å².